The highest BCUT2D eigenvalue weighted by Crippen LogP contribution is 2.22. The van der Waals surface area contributed by atoms with E-state index in [0.717, 1.165) is 22.8 Å². The normalized spacial score (nSPS) is 12.9. The minimum Gasteiger partial charge on any atom is -0.308 e. The molecular weight excluding hydrogens is 220 g/mol. The van der Waals surface area contributed by atoms with E-state index in [0.29, 0.717) is 0 Å². The molecule has 0 fully saturated rings. The maximum atomic E-state index is 4.51. The Morgan fingerprint density at radius 1 is 1.56 bits per heavy atom. The van der Waals surface area contributed by atoms with Crippen molar-refractivity contribution in [3.05, 3.63) is 34.0 Å². The quantitative estimate of drug-likeness (QED) is 0.882. The summed E-state index contributed by atoms with van der Waals surface area (Å²) >= 11 is 1.68. The summed E-state index contributed by atoms with van der Waals surface area (Å²) in [6, 6.07) is 0.144. The van der Waals surface area contributed by atoms with Gasteiger partial charge < -0.3 is 5.32 Å². The zero-order valence-corrected chi connectivity index (χ0v) is 10.6. The molecule has 5 heteroatoms. The van der Waals surface area contributed by atoms with Gasteiger partial charge >= 0.3 is 0 Å². The SMILES string of the molecule is CCn1cc(C(NC)c2csc(C)n2)cn1. The fourth-order valence-electron chi connectivity index (χ4n) is 1.70. The second kappa shape index (κ2) is 4.76. The van der Waals surface area contributed by atoms with Gasteiger partial charge in [-0.15, -0.1) is 11.3 Å². The summed E-state index contributed by atoms with van der Waals surface area (Å²) in [4.78, 5) is 4.51. The zero-order chi connectivity index (χ0) is 11.5. The first kappa shape index (κ1) is 11.3. The van der Waals surface area contributed by atoms with Crippen LogP contribution in [0.2, 0.25) is 0 Å². The Labute approximate surface area is 99.3 Å². The van der Waals surface area contributed by atoms with Crippen LogP contribution in [0.1, 0.15) is 29.2 Å². The summed E-state index contributed by atoms with van der Waals surface area (Å²) in [7, 11) is 1.95. The molecule has 2 aromatic heterocycles. The molecule has 0 aromatic carbocycles. The van der Waals surface area contributed by atoms with Gasteiger partial charge in [0.05, 0.1) is 22.9 Å². The summed E-state index contributed by atoms with van der Waals surface area (Å²) in [5.74, 6) is 0. The number of thiazole rings is 1. The third-order valence-electron chi connectivity index (χ3n) is 2.53. The molecule has 0 aliphatic rings. The maximum absolute atomic E-state index is 4.51. The van der Waals surface area contributed by atoms with Gasteiger partial charge in [0.2, 0.25) is 0 Å². The Morgan fingerprint density at radius 2 is 2.38 bits per heavy atom. The van der Waals surface area contributed by atoms with Gasteiger partial charge in [-0.05, 0) is 20.9 Å². The molecule has 1 N–H and O–H groups in total. The fraction of sp³-hybridized carbons (Fsp3) is 0.455. The molecule has 2 rings (SSSR count). The Morgan fingerprint density at radius 3 is 2.88 bits per heavy atom. The summed E-state index contributed by atoms with van der Waals surface area (Å²) in [5, 5.41) is 10.8. The van der Waals surface area contributed by atoms with Crippen molar-refractivity contribution in [2.45, 2.75) is 26.4 Å². The average molecular weight is 236 g/mol. The van der Waals surface area contributed by atoms with E-state index in [1.54, 1.807) is 11.3 Å². The van der Waals surface area contributed by atoms with Crippen LogP contribution >= 0.6 is 11.3 Å². The second-order valence-corrected chi connectivity index (χ2v) is 4.70. The molecule has 2 heterocycles. The molecule has 16 heavy (non-hydrogen) atoms. The van der Waals surface area contributed by atoms with Gasteiger partial charge in [0.25, 0.3) is 0 Å². The van der Waals surface area contributed by atoms with E-state index in [1.807, 2.05) is 24.9 Å². The number of nitrogens with zero attached hydrogens (tertiary/aromatic N) is 3. The van der Waals surface area contributed by atoms with Gasteiger partial charge in [-0.3, -0.25) is 4.68 Å². The van der Waals surface area contributed by atoms with Crippen molar-refractivity contribution in [1.82, 2.24) is 20.1 Å². The zero-order valence-electron chi connectivity index (χ0n) is 9.77. The van der Waals surface area contributed by atoms with Crippen LogP contribution < -0.4 is 5.32 Å². The molecule has 1 atom stereocenters. The van der Waals surface area contributed by atoms with Crippen LogP contribution in [0.3, 0.4) is 0 Å². The smallest absolute Gasteiger partial charge is 0.0898 e. The van der Waals surface area contributed by atoms with Gasteiger partial charge in [-0.1, -0.05) is 0 Å². The summed E-state index contributed by atoms with van der Waals surface area (Å²) in [6.07, 6.45) is 3.97. The number of aromatic nitrogens is 3. The molecular formula is C11H16N4S. The highest BCUT2D eigenvalue weighted by molar-refractivity contribution is 7.09. The predicted octanol–water partition coefficient (Wildman–Crippen LogP) is 1.98. The number of rotatable bonds is 4. The van der Waals surface area contributed by atoms with Crippen LogP contribution in [0.15, 0.2) is 17.8 Å². The highest BCUT2D eigenvalue weighted by atomic mass is 32.1. The van der Waals surface area contributed by atoms with Crippen molar-refractivity contribution in [3.8, 4) is 0 Å². The van der Waals surface area contributed by atoms with Crippen molar-refractivity contribution in [1.29, 1.82) is 0 Å². The lowest BCUT2D eigenvalue weighted by atomic mass is 10.1. The van der Waals surface area contributed by atoms with Crippen LogP contribution in [0, 0.1) is 6.92 Å². The molecule has 0 amide bonds. The minimum absolute atomic E-state index is 0.144. The molecule has 0 aliphatic carbocycles. The van der Waals surface area contributed by atoms with Crippen LogP contribution in [-0.4, -0.2) is 21.8 Å². The highest BCUT2D eigenvalue weighted by Gasteiger charge is 2.16. The van der Waals surface area contributed by atoms with Crippen LogP contribution in [0.4, 0.5) is 0 Å². The minimum atomic E-state index is 0.144. The molecule has 86 valence electrons. The lowest BCUT2D eigenvalue weighted by molar-refractivity contribution is 0.650. The third-order valence-corrected chi connectivity index (χ3v) is 3.32. The van der Waals surface area contributed by atoms with Crippen LogP contribution in [0.25, 0.3) is 0 Å². The number of hydrogen-bond acceptors (Lipinski definition) is 4. The van der Waals surface area contributed by atoms with E-state index < -0.39 is 0 Å². The van der Waals surface area contributed by atoms with Crippen LogP contribution in [-0.2, 0) is 6.54 Å². The van der Waals surface area contributed by atoms with Crippen molar-refractivity contribution in [2.24, 2.45) is 0 Å². The average Bonchev–Trinajstić information content (AvgIpc) is 2.89. The van der Waals surface area contributed by atoms with E-state index >= 15 is 0 Å². The monoisotopic (exact) mass is 236 g/mol. The van der Waals surface area contributed by atoms with E-state index in [4.69, 9.17) is 0 Å². The number of hydrogen-bond donors (Lipinski definition) is 1. The standard InChI is InChI=1S/C11H16N4S/c1-4-15-6-9(5-13-15)11(12-3)10-7-16-8(2)14-10/h5-7,11-12H,4H2,1-3H3. The van der Waals surface area contributed by atoms with Crippen molar-refractivity contribution >= 4 is 11.3 Å². The molecule has 0 aliphatic heterocycles. The molecule has 0 spiro atoms. The second-order valence-electron chi connectivity index (χ2n) is 3.64. The summed E-state index contributed by atoms with van der Waals surface area (Å²) in [5.41, 5.74) is 2.23. The van der Waals surface area contributed by atoms with Crippen LogP contribution in [0.5, 0.6) is 0 Å². The number of aryl methyl sites for hydroxylation is 2. The molecule has 2 aromatic rings. The van der Waals surface area contributed by atoms with Crippen molar-refractivity contribution in [2.75, 3.05) is 7.05 Å². The van der Waals surface area contributed by atoms with Gasteiger partial charge in [0, 0.05) is 23.7 Å². The van der Waals surface area contributed by atoms with Gasteiger partial charge in [0.1, 0.15) is 0 Å². The first-order chi connectivity index (χ1) is 7.74. The van der Waals surface area contributed by atoms with E-state index in [9.17, 15) is 0 Å². The first-order valence-electron chi connectivity index (χ1n) is 5.36. The Hall–Kier alpha value is -1.20. The van der Waals surface area contributed by atoms with E-state index in [2.05, 4.69) is 33.9 Å². The Bertz CT molecular complexity index is 460. The molecule has 1 unspecified atom stereocenters. The van der Waals surface area contributed by atoms with Crippen molar-refractivity contribution < 1.29 is 0 Å². The van der Waals surface area contributed by atoms with Gasteiger partial charge in [-0.2, -0.15) is 5.10 Å². The molecule has 0 radical (unpaired) electrons. The van der Waals surface area contributed by atoms with Crippen molar-refractivity contribution in [3.63, 3.8) is 0 Å². The summed E-state index contributed by atoms with van der Waals surface area (Å²) < 4.78 is 1.93. The third kappa shape index (κ3) is 2.15. The lowest BCUT2D eigenvalue weighted by Crippen LogP contribution is -2.17. The summed E-state index contributed by atoms with van der Waals surface area (Å²) in [6.45, 7) is 5.00. The maximum Gasteiger partial charge on any atom is 0.0898 e. The molecule has 0 saturated heterocycles. The fourth-order valence-corrected chi connectivity index (χ4v) is 2.34. The Kier molecular flexibility index (Phi) is 3.36. The van der Waals surface area contributed by atoms with Gasteiger partial charge in [0.15, 0.2) is 0 Å². The van der Waals surface area contributed by atoms with E-state index in [-0.39, 0.29) is 6.04 Å². The topological polar surface area (TPSA) is 42.7 Å². The molecule has 4 nitrogen and oxygen atoms in total. The lowest BCUT2D eigenvalue weighted by Gasteiger charge is -2.11. The molecule has 0 bridgehead atoms. The largest absolute Gasteiger partial charge is 0.308 e. The predicted molar refractivity (Wildman–Crippen MR) is 65.7 cm³/mol. The Balaban J connectivity index is 2.28. The van der Waals surface area contributed by atoms with E-state index in [1.165, 1.54) is 0 Å². The molecule has 0 saturated carbocycles. The first-order valence-corrected chi connectivity index (χ1v) is 6.24. The number of nitrogens with one attached hydrogen (secondary N) is 1. The van der Waals surface area contributed by atoms with Gasteiger partial charge in [-0.25, -0.2) is 4.98 Å².